The molecule has 1 fully saturated rings. The lowest BCUT2D eigenvalue weighted by molar-refractivity contribution is 0.212. The summed E-state index contributed by atoms with van der Waals surface area (Å²) in [7, 11) is 0. The molecule has 0 spiro atoms. The number of aryl methyl sites for hydroxylation is 1. The van der Waals surface area contributed by atoms with Crippen LogP contribution in [0.15, 0.2) is 73.3 Å². The Morgan fingerprint density at radius 2 is 1.29 bits per heavy atom. The first kappa shape index (κ1) is 33.3. The first-order chi connectivity index (χ1) is 22.0. The monoisotopic (exact) mass is 612 g/mol. The average Bonchev–Trinajstić information content (AvgIpc) is 3.08. The maximum Gasteiger partial charge on any atom is 0.166 e. The van der Waals surface area contributed by atoms with E-state index in [4.69, 9.17) is 0 Å². The van der Waals surface area contributed by atoms with Gasteiger partial charge in [-0.25, -0.2) is 13.2 Å². The lowest BCUT2D eigenvalue weighted by atomic mass is 9.71. The minimum atomic E-state index is -0.803. The van der Waals surface area contributed by atoms with Gasteiger partial charge in [-0.05, 0) is 109 Å². The van der Waals surface area contributed by atoms with E-state index in [1.807, 2.05) is 12.1 Å². The molecule has 0 nitrogen and oxygen atoms in total. The van der Waals surface area contributed by atoms with Crippen molar-refractivity contribution < 1.29 is 13.2 Å². The molecule has 2 aliphatic rings. The van der Waals surface area contributed by atoms with Crippen molar-refractivity contribution in [3.63, 3.8) is 0 Å². The summed E-state index contributed by atoms with van der Waals surface area (Å²) < 4.78 is 45.5. The summed E-state index contributed by atoms with van der Waals surface area (Å²) in [6.07, 6.45) is 22.8. The second kappa shape index (κ2) is 16.5. The van der Waals surface area contributed by atoms with Gasteiger partial charge in [0.05, 0.1) is 0 Å². The molecule has 0 bridgehead atoms. The van der Waals surface area contributed by atoms with Crippen LogP contribution in [0.2, 0.25) is 0 Å². The van der Waals surface area contributed by atoms with Crippen LogP contribution in [-0.4, -0.2) is 0 Å². The lowest BCUT2D eigenvalue weighted by Gasteiger charge is -2.34. The molecule has 5 rings (SSSR count). The maximum atomic E-state index is 15.4. The van der Waals surface area contributed by atoms with Crippen molar-refractivity contribution in [1.82, 2.24) is 0 Å². The second-order valence-corrected chi connectivity index (χ2v) is 13.6. The van der Waals surface area contributed by atoms with Crippen LogP contribution >= 0.6 is 0 Å². The summed E-state index contributed by atoms with van der Waals surface area (Å²) in [5, 5.41) is 0. The molecule has 1 unspecified atom stereocenters. The summed E-state index contributed by atoms with van der Waals surface area (Å²) in [5.74, 6) is 0.440. The molecule has 3 aromatic rings. The topological polar surface area (TPSA) is 0 Å². The largest absolute Gasteiger partial charge is 0.206 e. The summed E-state index contributed by atoms with van der Waals surface area (Å²) in [4.78, 5) is 0. The molecule has 0 saturated heterocycles. The fourth-order valence-corrected chi connectivity index (χ4v) is 7.63. The molecule has 1 atom stereocenters. The molecule has 2 aliphatic carbocycles. The van der Waals surface area contributed by atoms with Gasteiger partial charge in [-0.1, -0.05) is 113 Å². The zero-order chi connectivity index (χ0) is 31.6. The van der Waals surface area contributed by atoms with Crippen molar-refractivity contribution in [1.29, 1.82) is 0 Å². The molecule has 0 aromatic heterocycles. The van der Waals surface area contributed by atoms with E-state index < -0.39 is 11.6 Å². The quantitative estimate of drug-likeness (QED) is 0.125. The van der Waals surface area contributed by atoms with Crippen LogP contribution in [-0.2, 0) is 6.42 Å². The third kappa shape index (κ3) is 8.60. The van der Waals surface area contributed by atoms with Crippen LogP contribution in [0.25, 0.3) is 27.8 Å². The number of benzene rings is 3. The summed E-state index contributed by atoms with van der Waals surface area (Å²) in [6.45, 7) is 6.19. The molecule has 0 aliphatic heterocycles. The highest BCUT2D eigenvalue weighted by Gasteiger charge is 2.28. The Labute approximate surface area is 269 Å². The highest BCUT2D eigenvalue weighted by Crippen LogP contribution is 2.42. The smallest absolute Gasteiger partial charge is 0.166 e. The van der Waals surface area contributed by atoms with Crippen molar-refractivity contribution in [2.75, 3.05) is 0 Å². The van der Waals surface area contributed by atoms with Crippen LogP contribution in [0.1, 0.15) is 114 Å². The highest BCUT2D eigenvalue weighted by atomic mass is 19.2. The molecule has 240 valence electrons. The fraction of sp³-hybridized carbons (Fsp3) is 0.476. The Bertz CT molecular complexity index is 1430. The zero-order valence-electron chi connectivity index (χ0n) is 27.2. The van der Waals surface area contributed by atoms with E-state index >= 15 is 8.78 Å². The SMILES string of the molecule is C=CC1CCC(C2CC=C(c3ccc(-c4ccc(-c5ccc(CCCCCCCCCC)c(F)c5F)cc4)c(F)c3)CC2)CC1. The molecule has 0 N–H and O–H groups in total. The van der Waals surface area contributed by atoms with E-state index in [0.29, 0.717) is 29.0 Å². The van der Waals surface area contributed by atoms with Gasteiger partial charge in [0.1, 0.15) is 5.82 Å². The molecule has 45 heavy (non-hydrogen) atoms. The molecule has 0 amide bonds. The van der Waals surface area contributed by atoms with Crippen LogP contribution < -0.4 is 0 Å². The van der Waals surface area contributed by atoms with Crippen LogP contribution in [0.4, 0.5) is 13.2 Å². The third-order valence-corrected chi connectivity index (χ3v) is 10.6. The standard InChI is InChI=1S/C42H51F3/c1-3-5-6-7-8-9-10-11-12-36-25-28-39(42(45)41(36)44)35-23-21-34(22-24-35)38-27-26-37(29-40(38)43)33-19-17-32(18-20-33)31-15-13-30(4-2)14-16-31/h4,19,21-32H,2-3,5-18,20H2,1H3. The fourth-order valence-electron chi connectivity index (χ4n) is 7.63. The van der Waals surface area contributed by atoms with E-state index in [2.05, 4.69) is 25.7 Å². The van der Waals surface area contributed by atoms with Gasteiger partial charge in [0.15, 0.2) is 11.6 Å². The predicted molar refractivity (Wildman–Crippen MR) is 184 cm³/mol. The number of unbranched alkanes of at least 4 members (excludes halogenated alkanes) is 7. The Morgan fingerprint density at radius 1 is 0.667 bits per heavy atom. The first-order valence-electron chi connectivity index (χ1n) is 17.7. The number of hydrogen-bond acceptors (Lipinski definition) is 0. The Balaban J connectivity index is 1.17. The highest BCUT2D eigenvalue weighted by molar-refractivity contribution is 5.74. The van der Waals surface area contributed by atoms with Crippen LogP contribution in [0.3, 0.4) is 0 Å². The lowest BCUT2D eigenvalue weighted by Crippen LogP contribution is -2.22. The van der Waals surface area contributed by atoms with E-state index in [9.17, 15) is 4.39 Å². The van der Waals surface area contributed by atoms with E-state index in [-0.39, 0.29) is 11.4 Å². The Hall–Kier alpha value is -3.07. The average molecular weight is 613 g/mol. The van der Waals surface area contributed by atoms with Crippen LogP contribution in [0.5, 0.6) is 0 Å². The van der Waals surface area contributed by atoms with Crippen LogP contribution in [0, 0.1) is 35.2 Å². The molecule has 3 aromatic carbocycles. The van der Waals surface area contributed by atoms with Gasteiger partial charge < -0.3 is 0 Å². The van der Waals surface area contributed by atoms with Gasteiger partial charge >= 0.3 is 0 Å². The maximum absolute atomic E-state index is 15.4. The molecule has 3 heteroatoms. The molecule has 1 saturated carbocycles. The third-order valence-electron chi connectivity index (χ3n) is 10.6. The predicted octanol–water partition coefficient (Wildman–Crippen LogP) is 13.3. The summed E-state index contributed by atoms with van der Waals surface area (Å²) in [5.41, 5.74) is 4.73. The van der Waals surface area contributed by atoms with Gasteiger partial charge in [-0.2, -0.15) is 0 Å². The van der Waals surface area contributed by atoms with Gasteiger partial charge in [0, 0.05) is 11.1 Å². The van der Waals surface area contributed by atoms with Gasteiger partial charge in [0.2, 0.25) is 0 Å². The summed E-state index contributed by atoms with van der Waals surface area (Å²) >= 11 is 0. The minimum Gasteiger partial charge on any atom is -0.206 e. The molecular formula is C42H51F3. The van der Waals surface area contributed by atoms with Crippen molar-refractivity contribution >= 4 is 5.57 Å². The van der Waals surface area contributed by atoms with Gasteiger partial charge in [-0.15, -0.1) is 6.58 Å². The minimum absolute atomic E-state index is 0.242. The number of hydrogen-bond donors (Lipinski definition) is 0. The van der Waals surface area contributed by atoms with Gasteiger partial charge in [0.25, 0.3) is 0 Å². The summed E-state index contributed by atoms with van der Waals surface area (Å²) in [6, 6.07) is 16.0. The van der Waals surface area contributed by atoms with E-state index in [1.54, 1.807) is 42.5 Å². The number of halogens is 3. The van der Waals surface area contributed by atoms with Gasteiger partial charge in [-0.3, -0.25) is 0 Å². The molecule has 0 heterocycles. The first-order valence-corrected chi connectivity index (χ1v) is 17.7. The van der Waals surface area contributed by atoms with Crippen molar-refractivity contribution in [2.45, 2.75) is 110 Å². The number of rotatable bonds is 14. The normalized spacial score (nSPS) is 20.2. The van der Waals surface area contributed by atoms with Crippen molar-refractivity contribution in [3.8, 4) is 22.3 Å². The molecular weight excluding hydrogens is 561 g/mol. The second-order valence-electron chi connectivity index (χ2n) is 13.6. The zero-order valence-corrected chi connectivity index (χ0v) is 27.2. The Kier molecular flexibility index (Phi) is 12.2. The Morgan fingerprint density at radius 3 is 1.91 bits per heavy atom. The number of allylic oxidation sites excluding steroid dienone is 3. The van der Waals surface area contributed by atoms with Crippen molar-refractivity contribution in [2.24, 2.45) is 17.8 Å². The van der Waals surface area contributed by atoms with E-state index in [1.165, 1.54) is 69.8 Å². The van der Waals surface area contributed by atoms with E-state index in [0.717, 1.165) is 55.1 Å². The van der Waals surface area contributed by atoms with Crippen molar-refractivity contribution in [3.05, 3.63) is 102 Å². The molecule has 0 radical (unpaired) electrons.